The topological polar surface area (TPSA) is 91.0 Å². The lowest BCUT2D eigenvalue weighted by molar-refractivity contribution is 0.0330. The number of pyridine rings is 1. The Morgan fingerprint density at radius 3 is 2.71 bits per heavy atom. The molecule has 0 bridgehead atoms. The number of nitrogens with zero attached hydrogens (tertiary/aromatic N) is 3. The Kier molecular flexibility index (Phi) is 4.61. The van der Waals surface area contributed by atoms with Crippen LogP contribution in [0.3, 0.4) is 0 Å². The first kappa shape index (κ1) is 16.2. The standard InChI is InChI=1S/C17H16N4O2S/c1-10(23-16(22)11-6-4-3-5-7-11)13-8-12-9-19-17(24-2)21-14(12)15(18)20-13/h3-10H,1-2H3,(H2,18,20)/t10-/m1/s1. The molecular weight excluding hydrogens is 324 g/mol. The van der Waals surface area contributed by atoms with Crippen LogP contribution in [-0.4, -0.2) is 27.2 Å². The summed E-state index contributed by atoms with van der Waals surface area (Å²) < 4.78 is 5.47. The highest BCUT2D eigenvalue weighted by Crippen LogP contribution is 2.25. The minimum absolute atomic E-state index is 0.294. The van der Waals surface area contributed by atoms with Crippen LogP contribution in [0.15, 0.2) is 47.8 Å². The number of nitrogens with two attached hydrogens (primary N) is 1. The van der Waals surface area contributed by atoms with E-state index in [-0.39, 0.29) is 0 Å². The molecule has 2 N–H and O–H groups in total. The number of rotatable bonds is 4. The van der Waals surface area contributed by atoms with Crippen LogP contribution in [0.5, 0.6) is 0 Å². The van der Waals surface area contributed by atoms with E-state index in [1.807, 2.05) is 12.3 Å². The lowest BCUT2D eigenvalue weighted by Gasteiger charge is -2.14. The monoisotopic (exact) mass is 340 g/mol. The maximum atomic E-state index is 12.2. The molecule has 0 radical (unpaired) electrons. The van der Waals surface area contributed by atoms with Gasteiger partial charge in [-0.2, -0.15) is 0 Å². The summed E-state index contributed by atoms with van der Waals surface area (Å²) in [6, 6.07) is 10.6. The summed E-state index contributed by atoms with van der Waals surface area (Å²) in [6.07, 6.45) is 3.05. The molecule has 6 nitrogen and oxygen atoms in total. The van der Waals surface area contributed by atoms with Gasteiger partial charge in [-0.1, -0.05) is 30.0 Å². The molecule has 0 fully saturated rings. The van der Waals surface area contributed by atoms with Gasteiger partial charge in [0.1, 0.15) is 11.6 Å². The number of ether oxygens (including phenoxy) is 1. The number of hydrogen-bond acceptors (Lipinski definition) is 7. The third kappa shape index (κ3) is 3.30. The zero-order chi connectivity index (χ0) is 17.1. The molecule has 0 saturated heterocycles. The van der Waals surface area contributed by atoms with Crippen LogP contribution in [0.25, 0.3) is 10.9 Å². The van der Waals surface area contributed by atoms with Crippen LogP contribution in [0.2, 0.25) is 0 Å². The summed E-state index contributed by atoms with van der Waals surface area (Å²) in [6.45, 7) is 1.76. The largest absolute Gasteiger partial charge is 0.453 e. The Labute approximate surface area is 143 Å². The Morgan fingerprint density at radius 1 is 1.25 bits per heavy atom. The molecule has 0 saturated carbocycles. The average molecular weight is 340 g/mol. The molecule has 1 atom stereocenters. The molecule has 0 amide bonds. The zero-order valence-electron chi connectivity index (χ0n) is 13.3. The summed E-state index contributed by atoms with van der Waals surface area (Å²) in [5.41, 5.74) is 7.66. The summed E-state index contributed by atoms with van der Waals surface area (Å²) in [5.74, 6) is -0.111. The normalized spacial score (nSPS) is 12.1. The van der Waals surface area contributed by atoms with Crippen molar-refractivity contribution in [3.8, 4) is 0 Å². The van der Waals surface area contributed by atoms with Crippen molar-refractivity contribution >= 4 is 34.5 Å². The van der Waals surface area contributed by atoms with E-state index in [2.05, 4.69) is 15.0 Å². The second-order valence-electron chi connectivity index (χ2n) is 5.14. The maximum Gasteiger partial charge on any atom is 0.338 e. The van der Waals surface area contributed by atoms with Crippen molar-refractivity contribution < 1.29 is 9.53 Å². The smallest absolute Gasteiger partial charge is 0.338 e. The summed E-state index contributed by atoms with van der Waals surface area (Å²) in [4.78, 5) is 25.1. The number of nitrogen functional groups attached to an aromatic ring is 1. The summed E-state index contributed by atoms with van der Waals surface area (Å²) >= 11 is 1.43. The van der Waals surface area contributed by atoms with Crippen LogP contribution < -0.4 is 5.73 Å². The predicted octanol–water partition coefficient (Wildman–Crippen LogP) is 3.25. The van der Waals surface area contributed by atoms with E-state index in [1.54, 1.807) is 43.5 Å². The number of fused-ring (bicyclic) bond motifs is 1. The van der Waals surface area contributed by atoms with Crippen LogP contribution in [0.4, 0.5) is 5.82 Å². The van der Waals surface area contributed by atoms with Gasteiger partial charge < -0.3 is 10.5 Å². The number of benzene rings is 1. The molecule has 7 heteroatoms. The van der Waals surface area contributed by atoms with Crippen LogP contribution in [0, 0.1) is 0 Å². The van der Waals surface area contributed by atoms with Gasteiger partial charge in [-0.05, 0) is 31.4 Å². The number of aromatic nitrogens is 3. The van der Waals surface area contributed by atoms with Gasteiger partial charge in [-0.3, -0.25) is 0 Å². The molecule has 0 unspecified atom stereocenters. The predicted molar refractivity (Wildman–Crippen MR) is 93.8 cm³/mol. The maximum absolute atomic E-state index is 12.2. The minimum Gasteiger partial charge on any atom is -0.453 e. The minimum atomic E-state index is -0.537. The van der Waals surface area contributed by atoms with E-state index in [0.717, 1.165) is 5.39 Å². The summed E-state index contributed by atoms with van der Waals surface area (Å²) in [5, 5.41) is 1.39. The molecule has 1 aromatic carbocycles. The first-order chi connectivity index (χ1) is 11.6. The van der Waals surface area contributed by atoms with Crippen molar-refractivity contribution in [3.05, 3.63) is 53.9 Å². The Bertz CT molecular complexity index is 886. The van der Waals surface area contributed by atoms with E-state index < -0.39 is 12.1 Å². The van der Waals surface area contributed by atoms with Crippen molar-refractivity contribution in [3.63, 3.8) is 0 Å². The molecule has 2 aromatic heterocycles. The fourth-order valence-electron chi connectivity index (χ4n) is 2.24. The fourth-order valence-corrected chi connectivity index (χ4v) is 2.58. The third-order valence-electron chi connectivity index (χ3n) is 3.48. The Balaban J connectivity index is 1.87. The van der Waals surface area contributed by atoms with Crippen LogP contribution >= 0.6 is 11.8 Å². The molecule has 0 aliphatic heterocycles. The first-order valence-electron chi connectivity index (χ1n) is 7.31. The van der Waals surface area contributed by atoms with Gasteiger partial charge >= 0.3 is 5.97 Å². The van der Waals surface area contributed by atoms with E-state index in [0.29, 0.717) is 27.7 Å². The van der Waals surface area contributed by atoms with Crippen molar-refractivity contribution in [1.29, 1.82) is 0 Å². The third-order valence-corrected chi connectivity index (χ3v) is 4.04. The van der Waals surface area contributed by atoms with Crippen molar-refractivity contribution in [2.45, 2.75) is 18.2 Å². The molecule has 0 aliphatic rings. The van der Waals surface area contributed by atoms with E-state index in [9.17, 15) is 4.79 Å². The molecule has 2 heterocycles. The average Bonchev–Trinajstić information content (AvgIpc) is 2.62. The van der Waals surface area contributed by atoms with Crippen LogP contribution in [0.1, 0.15) is 29.1 Å². The SMILES string of the molecule is CSc1ncc2cc([C@@H](C)OC(=O)c3ccccc3)nc(N)c2n1. The molecule has 0 spiro atoms. The number of esters is 1. The summed E-state index contributed by atoms with van der Waals surface area (Å²) in [7, 11) is 0. The number of anilines is 1. The molecule has 0 aliphatic carbocycles. The second kappa shape index (κ2) is 6.84. The van der Waals surface area contributed by atoms with Crippen molar-refractivity contribution in [2.75, 3.05) is 12.0 Å². The van der Waals surface area contributed by atoms with Gasteiger partial charge in [0.15, 0.2) is 11.0 Å². The van der Waals surface area contributed by atoms with Crippen molar-refractivity contribution in [1.82, 2.24) is 15.0 Å². The molecular formula is C17H16N4O2S. The molecule has 3 aromatic rings. The lowest BCUT2D eigenvalue weighted by Crippen LogP contribution is -2.11. The molecule has 24 heavy (non-hydrogen) atoms. The zero-order valence-corrected chi connectivity index (χ0v) is 14.1. The first-order valence-corrected chi connectivity index (χ1v) is 8.54. The molecule has 122 valence electrons. The van der Waals surface area contributed by atoms with Gasteiger partial charge in [0, 0.05) is 11.6 Å². The highest BCUT2D eigenvalue weighted by molar-refractivity contribution is 7.98. The van der Waals surface area contributed by atoms with E-state index in [4.69, 9.17) is 10.5 Å². The Morgan fingerprint density at radius 2 is 2.00 bits per heavy atom. The number of carbonyl (C=O) groups is 1. The lowest BCUT2D eigenvalue weighted by atomic mass is 10.2. The highest BCUT2D eigenvalue weighted by atomic mass is 32.2. The van der Waals surface area contributed by atoms with E-state index >= 15 is 0 Å². The van der Waals surface area contributed by atoms with Gasteiger partial charge in [0.05, 0.1) is 11.3 Å². The van der Waals surface area contributed by atoms with E-state index in [1.165, 1.54) is 11.8 Å². The van der Waals surface area contributed by atoms with Gasteiger partial charge in [-0.15, -0.1) is 0 Å². The molecule has 3 rings (SSSR count). The number of hydrogen-bond donors (Lipinski definition) is 1. The quantitative estimate of drug-likeness (QED) is 0.443. The number of thioether (sulfide) groups is 1. The van der Waals surface area contributed by atoms with Gasteiger partial charge in [0.2, 0.25) is 0 Å². The van der Waals surface area contributed by atoms with Gasteiger partial charge in [-0.25, -0.2) is 19.7 Å². The van der Waals surface area contributed by atoms with Crippen LogP contribution in [-0.2, 0) is 4.74 Å². The highest BCUT2D eigenvalue weighted by Gasteiger charge is 2.17. The Hall–Kier alpha value is -2.67. The second-order valence-corrected chi connectivity index (χ2v) is 5.91. The van der Waals surface area contributed by atoms with Gasteiger partial charge in [0.25, 0.3) is 0 Å². The number of carbonyl (C=O) groups excluding carboxylic acids is 1. The van der Waals surface area contributed by atoms with Crippen molar-refractivity contribution in [2.24, 2.45) is 0 Å². The fraction of sp³-hybridized carbons (Fsp3) is 0.176.